The summed E-state index contributed by atoms with van der Waals surface area (Å²) in [7, 11) is 1.60. The Morgan fingerprint density at radius 2 is 1.76 bits per heavy atom. The van der Waals surface area contributed by atoms with Gasteiger partial charge in [0.2, 0.25) is 0 Å². The van der Waals surface area contributed by atoms with Crippen molar-refractivity contribution in [3.05, 3.63) is 42.0 Å². The molecule has 25 heavy (non-hydrogen) atoms. The average Bonchev–Trinajstić information content (AvgIpc) is 3.09. The van der Waals surface area contributed by atoms with E-state index in [0.29, 0.717) is 0 Å². The summed E-state index contributed by atoms with van der Waals surface area (Å²) in [5, 5.41) is 0.983. The van der Waals surface area contributed by atoms with E-state index >= 15 is 0 Å². The maximum Gasteiger partial charge on any atom is 0.188 e. The van der Waals surface area contributed by atoms with Crippen molar-refractivity contribution in [2.24, 2.45) is 0 Å². The van der Waals surface area contributed by atoms with Gasteiger partial charge in [0.15, 0.2) is 6.79 Å². The van der Waals surface area contributed by atoms with Crippen molar-refractivity contribution in [3.63, 3.8) is 0 Å². The Bertz CT molecular complexity index is 784. The van der Waals surface area contributed by atoms with Gasteiger partial charge in [-0.05, 0) is 48.9 Å². The largest absolute Gasteiger partial charge is 0.468 e. The molecule has 2 aromatic carbocycles. The highest BCUT2D eigenvalue weighted by Crippen LogP contribution is 2.33. The van der Waals surface area contributed by atoms with E-state index in [1.165, 1.54) is 0 Å². The van der Waals surface area contributed by atoms with Crippen molar-refractivity contribution >= 4 is 27.2 Å². The van der Waals surface area contributed by atoms with Crippen molar-refractivity contribution in [2.75, 3.05) is 19.6 Å². The molecule has 0 aliphatic rings. The molecule has 0 aliphatic carbocycles. The summed E-state index contributed by atoms with van der Waals surface area (Å²) in [4.78, 5) is 4.67. The van der Waals surface area contributed by atoms with Gasteiger partial charge in [0.1, 0.15) is 10.8 Å². The third-order valence-electron chi connectivity index (χ3n) is 3.22. The molecule has 1 heterocycles. The number of nitrogens with zero attached hydrogens (tertiary/aromatic N) is 1. The van der Waals surface area contributed by atoms with Crippen LogP contribution in [0.3, 0.4) is 0 Å². The van der Waals surface area contributed by atoms with Crippen LogP contribution in [-0.2, 0) is 4.74 Å². The van der Waals surface area contributed by atoms with Crippen LogP contribution in [0.15, 0.2) is 36.4 Å². The van der Waals surface area contributed by atoms with Crippen molar-refractivity contribution in [3.8, 4) is 16.3 Å². The number of rotatable bonds is 4. The normalized spacial score (nSPS) is 9.68. The molecule has 0 spiro atoms. The zero-order chi connectivity index (χ0) is 18.8. The van der Waals surface area contributed by atoms with Gasteiger partial charge < -0.3 is 15.2 Å². The van der Waals surface area contributed by atoms with E-state index in [-0.39, 0.29) is 6.79 Å². The van der Waals surface area contributed by atoms with Crippen LogP contribution >= 0.6 is 11.3 Å². The van der Waals surface area contributed by atoms with Crippen LogP contribution in [0.1, 0.15) is 33.3 Å². The summed E-state index contributed by atoms with van der Waals surface area (Å²) in [6.45, 7) is 10.2. The van der Waals surface area contributed by atoms with E-state index in [4.69, 9.17) is 15.2 Å². The second kappa shape index (κ2) is 10.7. The number of ether oxygens (including phenoxy) is 2. The number of hydrogen-bond acceptors (Lipinski definition) is 5. The number of thiazole rings is 1. The number of fused-ring (bicyclic) bond motifs is 1. The third kappa shape index (κ3) is 5.44. The predicted octanol–water partition coefficient (Wildman–Crippen LogP) is 5.89. The molecule has 4 nitrogen and oxygen atoms in total. The number of nitrogen functional groups attached to an aromatic ring is 1. The van der Waals surface area contributed by atoms with E-state index in [0.717, 1.165) is 37.8 Å². The Morgan fingerprint density at radius 1 is 1.04 bits per heavy atom. The molecular weight excluding hydrogens is 332 g/mol. The zero-order valence-corrected chi connectivity index (χ0v) is 16.7. The third-order valence-corrected chi connectivity index (χ3v) is 4.29. The fourth-order valence-corrected chi connectivity index (χ4v) is 3.04. The summed E-state index contributed by atoms with van der Waals surface area (Å²) in [5.41, 5.74) is 9.78. The number of hydrogen-bond donors (Lipinski definition) is 1. The molecule has 5 heteroatoms. The maximum atomic E-state index is 5.86. The Kier molecular flexibility index (Phi) is 8.95. The van der Waals surface area contributed by atoms with Gasteiger partial charge in [-0.1, -0.05) is 27.7 Å². The molecule has 0 amide bonds. The fraction of sp³-hybridized carbons (Fsp3) is 0.350. The Morgan fingerprint density at radius 3 is 2.40 bits per heavy atom. The number of nitrogens with two attached hydrogens (primary N) is 1. The molecule has 0 saturated heterocycles. The van der Waals surface area contributed by atoms with Gasteiger partial charge >= 0.3 is 0 Å². The van der Waals surface area contributed by atoms with Crippen molar-refractivity contribution in [1.29, 1.82) is 0 Å². The topological polar surface area (TPSA) is 57.4 Å². The van der Waals surface area contributed by atoms with E-state index in [9.17, 15) is 0 Å². The highest BCUT2D eigenvalue weighted by Gasteiger charge is 2.08. The van der Waals surface area contributed by atoms with Gasteiger partial charge in [-0.2, -0.15) is 0 Å². The van der Waals surface area contributed by atoms with Crippen molar-refractivity contribution in [1.82, 2.24) is 4.98 Å². The van der Waals surface area contributed by atoms with E-state index in [2.05, 4.69) is 11.1 Å². The fourth-order valence-electron chi connectivity index (χ4n) is 2.05. The number of anilines is 1. The lowest BCUT2D eigenvalue weighted by Gasteiger charge is -2.03. The minimum Gasteiger partial charge on any atom is -0.468 e. The SMILES string of the molecule is CC.CC.COCOc1ccc2nc(-c3ccc(N)c(C)c3)sc2c1. The molecule has 0 fully saturated rings. The van der Waals surface area contributed by atoms with Crippen LogP contribution < -0.4 is 10.5 Å². The van der Waals surface area contributed by atoms with Gasteiger partial charge in [-0.3, -0.25) is 0 Å². The first-order valence-corrected chi connectivity index (χ1v) is 9.38. The Balaban J connectivity index is 0.000000730. The van der Waals surface area contributed by atoms with Crippen LogP contribution in [0.5, 0.6) is 5.75 Å². The quantitative estimate of drug-likeness (QED) is 0.465. The molecule has 2 N–H and O–H groups in total. The van der Waals surface area contributed by atoms with Crippen LogP contribution in [0, 0.1) is 6.92 Å². The number of benzene rings is 2. The highest BCUT2D eigenvalue weighted by atomic mass is 32.1. The van der Waals surface area contributed by atoms with Crippen LogP contribution in [0.4, 0.5) is 5.69 Å². The molecule has 0 radical (unpaired) electrons. The molecule has 1 aromatic heterocycles. The first-order valence-electron chi connectivity index (χ1n) is 8.56. The lowest BCUT2D eigenvalue weighted by Crippen LogP contribution is -1.98. The van der Waals surface area contributed by atoms with Gasteiger partial charge in [-0.25, -0.2) is 4.98 Å². The van der Waals surface area contributed by atoms with Crippen LogP contribution in [0.2, 0.25) is 0 Å². The molecule has 3 aromatic rings. The van der Waals surface area contributed by atoms with Gasteiger partial charge in [0, 0.05) is 18.4 Å². The molecule has 136 valence electrons. The first kappa shape index (κ1) is 20.9. The van der Waals surface area contributed by atoms with E-state index in [1.54, 1.807) is 18.4 Å². The molecule has 3 rings (SSSR count). The molecule has 0 unspecified atom stereocenters. The second-order valence-electron chi connectivity index (χ2n) is 4.77. The van der Waals surface area contributed by atoms with Crippen molar-refractivity contribution < 1.29 is 9.47 Å². The second-order valence-corrected chi connectivity index (χ2v) is 5.80. The van der Waals surface area contributed by atoms with Gasteiger partial charge in [0.05, 0.1) is 10.2 Å². The van der Waals surface area contributed by atoms with Crippen LogP contribution in [-0.4, -0.2) is 18.9 Å². The Labute approximate surface area is 154 Å². The molecule has 0 atom stereocenters. The lowest BCUT2D eigenvalue weighted by molar-refractivity contribution is 0.0512. The minimum atomic E-state index is 0.244. The molecule has 0 aliphatic heterocycles. The number of aromatic nitrogens is 1. The predicted molar refractivity (Wildman–Crippen MR) is 109 cm³/mol. The molecule has 0 saturated carbocycles. The summed E-state index contributed by atoms with van der Waals surface area (Å²) >= 11 is 1.64. The zero-order valence-electron chi connectivity index (χ0n) is 15.9. The van der Waals surface area contributed by atoms with Crippen LogP contribution in [0.25, 0.3) is 20.8 Å². The minimum absolute atomic E-state index is 0.244. The summed E-state index contributed by atoms with van der Waals surface area (Å²) in [6.07, 6.45) is 0. The first-order chi connectivity index (χ1) is 12.2. The van der Waals surface area contributed by atoms with Gasteiger partial charge in [0.25, 0.3) is 0 Å². The van der Waals surface area contributed by atoms with E-state index in [1.807, 2.05) is 65.0 Å². The highest BCUT2D eigenvalue weighted by molar-refractivity contribution is 7.21. The molecule has 0 bridgehead atoms. The Hall–Kier alpha value is -2.11. The average molecular weight is 361 g/mol. The van der Waals surface area contributed by atoms with E-state index < -0.39 is 0 Å². The molecular formula is C20H28N2O2S. The van der Waals surface area contributed by atoms with Gasteiger partial charge in [-0.15, -0.1) is 11.3 Å². The maximum absolute atomic E-state index is 5.86. The summed E-state index contributed by atoms with van der Waals surface area (Å²) in [6, 6.07) is 11.8. The number of aryl methyl sites for hydroxylation is 1. The smallest absolute Gasteiger partial charge is 0.188 e. The summed E-state index contributed by atoms with van der Waals surface area (Å²) in [5.74, 6) is 0.785. The number of methoxy groups -OCH3 is 1. The summed E-state index contributed by atoms with van der Waals surface area (Å²) < 4.78 is 11.5. The standard InChI is InChI=1S/C16H16N2O2S.2C2H6/c1-10-7-11(3-5-13(10)17)16-18-14-6-4-12(20-9-19-2)8-15(14)21-16;2*1-2/h3-8H,9,17H2,1-2H3;2*1-2H3. The lowest BCUT2D eigenvalue weighted by atomic mass is 10.1. The monoisotopic (exact) mass is 360 g/mol. The van der Waals surface area contributed by atoms with Crippen molar-refractivity contribution in [2.45, 2.75) is 34.6 Å².